The van der Waals surface area contributed by atoms with Crippen LogP contribution in [0.3, 0.4) is 0 Å². The molecule has 2 aromatic carbocycles. The molecule has 0 saturated carbocycles. The van der Waals surface area contributed by atoms with E-state index in [1.165, 1.54) is 11.3 Å². The molecule has 3 aromatic rings. The topological polar surface area (TPSA) is 71.1 Å². The first-order valence-electron chi connectivity index (χ1n) is 8.47. The summed E-state index contributed by atoms with van der Waals surface area (Å²) in [5.41, 5.74) is 2.64. The Labute approximate surface area is 165 Å². The number of hydrogen-bond acceptors (Lipinski definition) is 4. The lowest BCUT2D eigenvalue weighted by atomic mass is 9.90. The SMILES string of the molecule is O=C1CC(C(=O)Nc2ncc(Cc3ccc(Cl)cc3)s2)c2ccccc2N1. The second kappa shape index (κ2) is 7.50. The molecular formula is C20H16ClN3O2S. The van der Waals surface area contributed by atoms with Crippen molar-refractivity contribution >= 4 is 45.6 Å². The van der Waals surface area contributed by atoms with Crippen LogP contribution in [-0.4, -0.2) is 16.8 Å². The smallest absolute Gasteiger partial charge is 0.234 e. The highest BCUT2D eigenvalue weighted by Crippen LogP contribution is 2.33. The number of fused-ring (bicyclic) bond motifs is 1. The van der Waals surface area contributed by atoms with Crippen molar-refractivity contribution in [3.63, 3.8) is 0 Å². The number of thiazole rings is 1. The van der Waals surface area contributed by atoms with Crippen LogP contribution in [0.4, 0.5) is 10.8 Å². The van der Waals surface area contributed by atoms with Crippen molar-refractivity contribution in [3.05, 3.63) is 75.8 Å². The lowest BCUT2D eigenvalue weighted by Crippen LogP contribution is -2.30. The Morgan fingerprint density at radius 3 is 2.81 bits per heavy atom. The van der Waals surface area contributed by atoms with Gasteiger partial charge in [0.2, 0.25) is 11.8 Å². The van der Waals surface area contributed by atoms with E-state index in [4.69, 9.17) is 11.6 Å². The molecule has 0 spiro atoms. The summed E-state index contributed by atoms with van der Waals surface area (Å²) < 4.78 is 0. The van der Waals surface area contributed by atoms with Crippen LogP contribution in [-0.2, 0) is 16.0 Å². The van der Waals surface area contributed by atoms with Gasteiger partial charge in [0.15, 0.2) is 5.13 Å². The fourth-order valence-corrected chi connectivity index (χ4v) is 4.06. The monoisotopic (exact) mass is 397 g/mol. The van der Waals surface area contributed by atoms with Crippen molar-refractivity contribution in [2.24, 2.45) is 0 Å². The predicted octanol–water partition coefficient (Wildman–Crippen LogP) is 4.45. The van der Waals surface area contributed by atoms with E-state index in [0.29, 0.717) is 15.8 Å². The number of nitrogens with one attached hydrogen (secondary N) is 2. The molecule has 27 heavy (non-hydrogen) atoms. The zero-order valence-corrected chi connectivity index (χ0v) is 15.8. The molecule has 0 radical (unpaired) electrons. The maximum absolute atomic E-state index is 12.7. The maximum atomic E-state index is 12.7. The molecular weight excluding hydrogens is 382 g/mol. The van der Waals surface area contributed by atoms with Crippen molar-refractivity contribution in [1.29, 1.82) is 0 Å². The largest absolute Gasteiger partial charge is 0.326 e. The summed E-state index contributed by atoms with van der Waals surface area (Å²) in [6.45, 7) is 0. The minimum atomic E-state index is -0.515. The fourth-order valence-electron chi connectivity index (χ4n) is 3.09. The highest BCUT2D eigenvalue weighted by molar-refractivity contribution is 7.15. The molecule has 7 heteroatoms. The summed E-state index contributed by atoms with van der Waals surface area (Å²) >= 11 is 7.34. The number of carbonyl (C=O) groups is 2. The Morgan fingerprint density at radius 1 is 1.22 bits per heavy atom. The number of carbonyl (C=O) groups excluding carboxylic acids is 2. The zero-order chi connectivity index (χ0) is 18.8. The van der Waals surface area contributed by atoms with Crippen molar-refractivity contribution in [2.45, 2.75) is 18.8 Å². The number of amides is 2. The first-order chi connectivity index (χ1) is 13.1. The van der Waals surface area contributed by atoms with E-state index < -0.39 is 5.92 Å². The van der Waals surface area contributed by atoms with Gasteiger partial charge in [0.05, 0.1) is 5.92 Å². The number of nitrogens with zero attached hydrogens (tertiary/aromatic N) is 1. The lowest BCUT2D eigenvalue weighted by Gasteiger charge is -2.24. The minimum Gasteiger partial charge on any atom is -0.326 e. The van der Waals surface area contributed by atoms with Gasteiger partial charge in [-0.1, -0.05) is 41.9 Å². The first-order valence-corrected chi connectivity index (χ1v) is 9.67. The van der Waals surface area contributed by atoms with Crippen LogP contribution < -0.4 is 10.6 Å². The summed E-state index contributed by atoms with van der Waals surface area (Å²) in [7, 11) is 0. The molecule has 2 heterocycles. The molecule has 1 atom stereocenters. The summed E-state index contributed by atoms with van der Waals surface area (Å²) in [4.78, 5) is 30.0. The summed E-state index contributed by atoms with van der Waals surface area (Å²) in [6, 6.07) is 15.0. The number of aromatic nitrogens is 1. The molecule has 1 unspecified atom stereocenters. The van der Waals surface area contributed by atoms with Gasteiger partial charge >= 0.3 is 0 Å². The second-order valence-electron chi connectivity index (χ2n) is 6.32. The Kier molecular flexibility index (Phi) is 4.92. The predicted molar refractivity (Wildman–Crippen MR) is 107 cm³/mol. The van der Waals surface area contributed by atoms with E-state index in [-0.39, 0.29) is 18.2 Å². The molecule has 2 amide bonds. The Hall–Kier alpha value is -2.70. The molecule has 4 rings (SSSR count). The molecule has 2 N–H and O–H groups in total. The van der Waals surface area contributed by atoms with Crippen LogP contribution in [0.1, 0.15) is 28.3 Å². The van der Waals surface area contributed by atoms with Gasteiger partial charge in [-0.3, -0.25) is 9.59 Å². The third kappa shape index (κ3) is 4.02. The van der Waals surface area contributed by atoms with Crippen LogP contribution in [0, 0.1) is 0 Å². The summed E-state index contributed by atoms with van der Waals surface area (Å²) in [5, 5.41) is 6.89. The lowest BCUT2D eigenvalue weighted by molar-refractivity contribution is -0.123. The molecule has 0 fully saturated rings. The third-order valence-corrected chi connectivity index (χ3v) is 5.56. The molecule has 5 nitrogen and oxygen atoms in total. The zero-order valence-electron chi connectivity index (χ0n) is 14.2. The average molecular weight is 398 g/mol. The van der Waals surface area contributed by atoms with Crippen LogP contribution in [0.15, 0.2) is 54.7 Å². The van der Waals surface area contributed by atoms with Gasteiger partial charge < -0.3 is 10.6 Å². The molecule has 0 aliphatic carbocycles. The number of benzene rings is 2. The molecule has 136 valence electrons. The van der Waals surface area contributed by atoms with Gasteiger partial charge in [0, 0.05) is 34.6 Å². The van der Waals surface area contributed by atoms with Crippen LogP contribution in [0.5, 0.6) is 0 Å². The Morgan fingerprint density at radius 2 is 2.00 bits per heavy atom. The number of para-hydroxylation sites is 1. The number of rotatable bonds is 4. The van der Waals surface area contributed by atoms with Gasteiger partial charge in [-0.25, -0.2) is 4.98 Å². The van der Waals surface area contributed by atoms with Crippen molar-refractivity contribution in [3.8, 4) is 0 Å². The molecule has 0 bridgehead atoms. The Balaban J connectivity index is 1.47. The fraction of sp³-hybridized carbons (Fsp3) is 0.150. The maximum Gasteiger partial charge on any atom is 0.234 e. The highest BCUT2D eigenvalue weighted by atomic mass is 35.5. The van der Waals surface area contributed by atoms with Crippen LogP contribution in [0.25, 0.3) is 0 Å². The molecule has 1 aliphatic heterocycles. The van der Waals surface area contributed by atoms with Gasteiger partial charge in [-0.05, 0) is 29.3 Å². The molecule has 1 aromatic heterocycles. The summed E-state index contributed by atoms with van der Waals surface area (Å²) in [5.74, 6) is -0.889. The standard InChI is InChI=1S/C20H16ClN3O2S/c21-13-7-5-12(6-8-13)9-14-11-22-20(27-14)24-19(26)16-10-18(25)23-17-4-2-1-3-15(16)17/h1-8,11,16H,9-10H2,(H,23,25)(H,22,24,26). The van der Waals surface area contributed by atoms with E-state index in [1.807, 2.05) is 42.5 Å². The number of halogens is 1. The van der Waals surface area contributed by atoms with E-state index in [0.717, 1.165) is 22.4 Å². The normalized spacial score (nSPS) is 15.7. The number of hydrogen-bond donors (Lipinski definition) is 2. The highest BCUT2D eigenvalue weighted by Gasteiger charge is 2.30. The molecule has 1 aliphatic rings. The Bertz CT molecular complexity index is 1000. The van der Waals surface area contributed by atoms with Gasteiger partial charge in [-0.15, -0.1) is 11.3 Å². The first kappa shape index (κ1) is 17.7. The average Bonchev–Trinajstić information content (AvgIpc) is 3.09. The quantitative estimate of drug-likeness (QED) is 0.683. The number of anilines is 2. The van der Waals surface area contributed by atoms with Gasteiger partial charge in [0.25, 0.3) is 0 Å². The third-order valence-electron chi connectivity index (χ3n) is 4.39. The van der Waals surface area contributed by atoms with Gasteiger partial charge in [0.1, 0.15) is 0 Å². The van der Waals surface area contributed by atoms with E-state index in [1.54, 1.807) is 12.3 Å². The molecule has 0 saturated heterocycles. The van der Waals surface area contributed by atoms with E-state index in [2.05, 4.69) is 15.6 Å². The van der Waals surface area contributed by atoms with Crippen molar-refractivity contribution in [2.75, 3.05) is 10.6 Å². The summed E-state index contributed by atoms with van der Waals surface area (Å²) in [6.07, 6.45) is 2.61. The minimum absolute atomic E-state index is 0.131. The van der Waals surface area contributed by atoms with Crippen molar-refractivity contribution in [1.82, 2.24) is 4.98 Å². The van der Waals surface area contributed by atoms with E-state index >= 15 is 0 Å². The second-order valence-corrected chi connectivity index (χ2v) is 7.87. The van der Waals surface area contributed by atoms with Crippen LogP contribution in [0.2, 0.25) is 5.02 Å². The van der Waals surface area contributed by atoms with E-state index in [9.17, 15) is 9.59 Å². The van der Waals surface area contributed by atoms with Gasteiger partial charge in [-0.2, -0.15) is 0 Å². The van der Waals surface area contributed by atoms with Crippen molar-refractivity contribution < 1.29 is 9.59 Å². The van der Waals surface area contributed by atoms with Crippen LogP contribution >= 0.6 is 22.9 Å².